The Morgan fingerprint density at radius 3 is 2.79 bits per heavy atom. The molecule has 29 heavy (non-hydrogen) atoms. The maximum absolute atomic E-state index is 13.1. The highest BCUT2D eigenvalue weighted by molar-refractivity contribution is 6.31. The van der Waals surface area contributed by atoms with Gasteiger partial charge in [0.05, 0.1) is 12.6 Å². The summed E-state index contributed by atoms with van der Waals surface area (Å²) < 4.78 is 39.3. The van der Waals surface area contributed by atoms with E-state index in [1.165, 1.54) is 11.8 Å². The smallest absolute Gasteiger partial charge is 0.357 e. The van der Waals surface area contributed by atoms with Crippen molar-refractivity contribution in [1.29, 1.82) is 0 Å². The molecule has 0 unspecified atom stereocenters. The number of aromatic nitrogens is 1. The van der Waals surface area contributed by atoms with Crippen molar-refractivity contribution in [2.75, 3.05) is 19.6 Å². The number of hydrogen-bond donors (Lipinski definition) is 2. The maximum atomic E-state index is 13.1. The molecule has 3 amide bonds. The van der Waals surface area contributed by atoms with Crippen molar-refractivity contribution in [3.8, 4) is 0 Å². The van der Waals surface area contributed by atoms with E-state index >= 15 is 0 Å². The summed E-state index contributed by atoms with van der Waals surface area (Å²) in [4.78, 5) is 29.6. The van der Waals surface area contributed by atoms with E-state index in [4.69, 9.17) is 11.6 Å². The molecule has 0 bridgehead atoms. The number of H-pyrrole nitrogens is 1. The number of nitrogens with zero attached hydrogens (tertiary/aromatic N) is 2. The highest BCUT2D eigenvalue weighted by Crippen LogP contribution is 2.23. The molecule has 158 valence electrons. The van der Waals surface area contributed by atoms with Crippen LogP contribution in [0.1, 0.15) is 25.5 Å². The molecule has 2 N–H and O–H groups in total. The number of carbonyl (C=O) groups excluding carboxylic acids is 2. The highest BCUT2D eigenvalue weighted by Gasteiger charge is 2.38. The first-order chi connectivity index (χ1) is 13.6. The number of piperidine rings is 1. The van der Waals surface area contributed by atoms with Gasteiger partial charge in [0.2, 0.25) is 5.91 Å². The summed E-state index contributed by atoms with van der Waals surface area (Å²) in [5.74, 6) is -0.209. The predicted octanol–water partition coefficient (Wildman–Crippen LogP) is 3.91. The van der Waals surface area contributed by atoms with Crippen LogP contribution < -0.4 is 5.32 Å². The van der Waals surface area contributed by atoms with Gasteiger partial charge in [-0.2, -0.15) is 13.2 Å². The zero-order valence-electron chi connectivity index (χ0n) is 15.9. The lowest BCUT2D eigenvalue weighted by molar-refractivity contribution is -0.147. The lowest BCUT2D eigenvalue weighted by Gasteiger charge is -2.39. The summed E-state index contributed by atoms with van der Waals surface area (Å²) in [6.07, 6.45) is -3.57. The minimum atomic E-state index is -4.53. The molecule has 1 aromatic carbocycles. The average Bonchev–Trinajstić information content (AvgIpc) is 3.05. The van der Waals surface area contributed by atoms with Gasteiger partial charge in [-0.05, 0) is 37.1 Å². The molecule has 1 aliphatic rings. The van der Waals surface area contributed by atoms with Crippen molar-refractivity contribution in [1.82, 2.24) is 20.1 Å². The molecule has 0 saturated carbocycles. The number of urea groups is 1. The van der Waals surface area contributed by atoms with E-state index in [1.807, 2.05) is 0 Å². The number of fused-ring (bicyclic) bond motifs is 1. The predicted molar refractivity (Wildman–Crippen MR) is 104 cm³/mol. The quantitative estimate of drug-likeness (QED) is 0.772. The van der Waals surface area contributed by atoms with Crippen molar-refractivity contribution in [3.63, 3.8) is 0 Å². The number of aromatic amines is 1. The SMILES string of the molecule is CC(=O)N1CCC[C@@H](N(CC(F)(F)F)C(=O)NCc2cc3cc(Cl)ccc3[nH]2)C1. The van der Waals surface area contributed by atoms with Crippen LogP contribution in [0.3, 0.4) is 0 Å². The number of alkyl halides is 3. The Hall–Kier alpha value is -2.42. The Kier molecular flexibility index (Phi) is 6.26. The molecule has 0 spiro atoms. The molecule has 1 aromatic heterocycles. The largest absolute Gasteiger partial charge is 0.406 e. The van der Waals surface area contributed by atoms with E-state index in [0.717, 1.165) is 15.8 Å². The van der Waals surface area contributed by atoms with E-state index in [2.05, 4.69) is 10.3 Å². The van der Waals surface area contributed by atoms with Gasteiger partial charge in [-0.15, -0.1) is 0 Å². The topological polar surface area (TPSA) is 68.4 Å². The standard InChI is InChI=1S/C19H22ClF3N4O2/c1-12(28)26-6-2-3-16(10-26)27(11-19(21,22)23)18(29)24-9-15-8-13-7-14(20)4-5-17(13)25-15/h4-5,7-8,16,25H,2-3,6,9-11H2,1H3,(H,24,29)/t16-/m1/s1. The summed E-state index contributed by atoms with van der Waals surface area (Å²) in [7, 11) is 0. The maximum Gasteiger partial charge on any atom is 0.406 e. The Balaban J connectivity index is 1.70. The molecular weight excluding hydrogens is 409 g/mol. The number of benzene rings is 1. The van der Waals surface area contributed by atoms with Crippen LogP contribution in [0.5, 0.6) is 0 Å². The molecule has 0 radical (unpaired) electrons. The van der Waals surface area contributed by atoms with Crippen molar-refractivity contribution in [3.05, 3.63) is 35.0 Å². The van der Waals surface area contributed by atoms with Gasteiger partial charge in [0.1, 0.15) is 6.54 Å². The zero-order valence-corrected chi connectivity index (χ0v) is 16.6. The van der Waals surface area contributed by atoms with Gasteiger partial charge in [0.15, 0.2) is 0 Å². The summed E-state index contributed by atoms with van der Waals surface area (Å²) in [6, 6.07) is 5.56. The summed E-state index contributed by atoms with van der Waals surface area (Å²) in [5, 5.41) is 3.97. The first-order valence-electron chi connectivity index (χ1n) is 9.26. The van der Waals surface area contributed by atoms with Crippen LogP contribution in [0.4, 0.5) is 18.0 Å². The molecule has 6 nitrogen and oxygen atoms in total. The number of amides is 3. The van der Waals surface area contributed by atoms with Crippen molar-refractivity contribution in [2.45, 2.75) is 38.5 Å². The lowest BCUT2D eigenvalue weighted by atomic mass is 10.0. The summed E-state index contributed by atoms with van der Waals surface area (Å²) in [6.45, 7) is 0.646. The van der Waals surface area contributed by atoms with Crippen molar-refractivity contribution in [2.24, 2.45) is 0 Å². The zero-order chi connectivity index (χ0) is 21.2. The molecule has 1 saturated heterocycles. The van der Waals surface area contributed by atoms with Crippen LogP contribution in [0.15, 0.2) is 24.3 Å². The van der Waals surface area contributed by atoms with E-state index < -0.39 is 24.8 Å². The molecule has 0 aliphatic carbocycles. The second-order valence-electron chi connectivity index (χ2n) is 7.19. The fraction of sp³-hybridized carbons (Fsp3) is 0.474. The van der Waals surface area contributed by atoms with Gasteiger partial charge in [0, 0.05) is 41.6 Å². The first kappa shape index (κ1) is 21.3. The molecule has 2 heterocycles. The number of halogens is 4. The molecule has 3 rings (SSSR count). The molecule has 1 aliphatic heterocycles. The van der Waals surface area contributed by atoms with Gasteiger partial charge < -0.3 is 20.1 Å². The van der Waals surface area contributed by atoms with E-state index in [-0.39, 0.29) is 19.0 Å². The number of hydrogen-bond acceptors (Lipinski definition) is 2. The molecule has 1 fully saturated rings. The Morgan fingerprint density at radius 2 is 2.10 bits per heavy atom. The minimum Gasteiger partial charge on any atom is -0.357 e. The average molecular weight is 431 g/mol. The number of nitrogens with one attached hydrogen (secondary N) is 2. The van der Waals surface area contributed by atoms with Crippen LogP contribution >= 0.6 is 11.6 Å². The van der Waals surface area contributed by atoms with Crippen molar-refractivity contribution >= 4 is 34.4 Å². The highest BCUT2D eigenvalue weighted by atomic mass is 35.5. The van der Waals surface area contributed by atoms with E-state index in [1.54, 1.807) is 24.3 Å². The Bertz CT molecular complexity index is 899. The number of likely N-dealkylation sites (tertiary alicyclic amines) is 1. The molecule has 10 heteroatoms. The third-order valence-corrected chi connectivity index (χ3v) is 5.20. The van der Waals surface area contributed by atoms with Gasteiger partial charge in [-0.25, -0.2) is 4.79 Å². The Labute approximate surface area is 171 Å². The molecule has 2 aromatic rings. The number of rotatable bonds is 4. The monoisotopic (exact) mass is 430 g/mol. The van der Waals surface area contributed by atoms with Crippen LogP contribution in [0.2, 0.25) is 5.02 Å². The third kappa shape index (κ3) is 5.56. The fourth-order valence-electron chi connectivity index (χ4n) is 3.59. The Morgan fingerprint density at radius 1 is 1.34 bits per heavy atom. The second kappa shape index (κ2) is 8.52. The van der Waals surface area contributed by atoms with E-state index in [0.29, 0.717) is 30.1 Å². The first-order valence-corrected chi connectivity index (χ1v) is 9.64. The van der Waals surface area contributed by atoms with Crippen LogP contribution in [-0.4, -0.2) is 58.6 Å². The normalized spacial score (nSPS) is 17.4. The van der Waals surface area contributed by atoms with Gasteiger partial charge in [0.25, 0.3) is 0 Å². The van der Waals surface area contributed by atoms with Crippen LogP contribution in [0, 0.1) is 0 Å². The minimum absolute atomic E-state index is 0.0443. The van der Waals surface area contributed by atoms with Gasteiger partial charge in [-0.1, -0.05) is 11.6 Å². The fourth-order valence-corrected chi connectivity index (χ4v) is 3.77. The number of carbonyl (C=O) groups is 2. The van der Waals surface area contributed by atoms with Crippen LogP contribution in [-0.2, 0) is 11.3 Å². The van der Waals surface area contributed by atoms with E-state index in [9.17, 15) is 22.8 Å². The van der Waals surface area contributed by atoms with Crippen molar-refractivity contribution < 1.29 is 22.8 Å². The van der Waals surface area contributed by atoms with Crippen LogP contribution in [0.25, 0.3) is 10.9 Å². The third-order valence-electron chi connectivity index (χ3n) is 4.96. The van der Waals surface area contributed by atoms with Gasteiger partial charge >= 0.3 is 12.2 Å². The summed E-state index contributed by atoms with van der Waals surface area (Å²) in [5.41, 5.74) is 1.46. The van der Waals surface area contributed by atoms with Gasteiger partial charge in [-0.3, -0.25) is 4.79 Å². The second-order valence-corrected chi connectivity index (χ2v) is 7.63. The lowest BCUT2D eigenvalue weighted by Crippen LogP contribution is -2.56. The molecular formula is C19H22ClF3N4O2. The molecule has 1 atom stereocenters. The summed E-state index contributed by atoms with van der Waals surface area (Å²) >= 11 is 5.95.